The van der Waals surface area contributed by atoms with E-state index in [1.807, 2.05) is 18.2 Å². The number of aliphatic hydroxyl groups excluding tert-OH is 1. The van der Waals surface area contributed by atoms with Crippen molar-refractivity contribution in [2.45, 2.75) is 44.4 Å². The van der Waals surface area contributed by atoms with Crippen LogP contribution in [-0.4, -0.2) is 29.1 Å². The number of aromatic nitrogens is 1. The lowest BCUT2D eigenvalue weighted by Gasteiger charge is -2.29. The quantitative estimate of drug-likeness (QED) is 0.873. The number of carbonyl (C=O) groups excluding carboxylic acids is 1. The van der Waals surface area contributed by atoms with Crippen molar-refractivity contribution in [1.29, 1.82) is 0 Å². The zero-order valence-corrected chi connectivity index (χ0v) is 14.6. The van der Waals surface area contributed by atoms with E-state index in [0.29, 0.717) is 6.54 Å². The summed E-state index contributed by atoms with van der Waals surface area (Å²) in [5, 5.41) is 13.7. The molecule has 2 N–H and O–H groups in total. The van der Waals surface area contributed by atoms with Gasteiger partial charge in [0.05, 0.1) is 21.8 Å². The van der Waals surface area contributed by atoms with Crippen molar-refractivity contribution in [2.75, 3.05) is 13.2 Å². The van der Waals surface area contributed by atoms with Crippen LogP contribution in [-0.2, 0) is 4.79 Å². The lowest BCUT2D eigenvalue weighted by molar-refractivity contribution is -0.126. The highest BCUT2D eigenvalue weighted by atomic mass is 32.1. The third-order valence-electron chi connectivity index (χ3n) is 5.66. The molecule has 2 aliphatic rings. The van der Waals surface area contributed by atoms with E-state index in [4.69, 9.17) is 4.98 Å². The van der Waals surface area contributed by atoms with Gasteiger partial charge in [0.2, 0.25) is 5.91 Å². The molecule has 0 unspecified atom stereocenters. The number of nitrogens with one attached hydrogen (secondary N) is 1. The number of hydrogen-bond donors (Lipinski definition) is 2. The van der Waals surface area contributed by atoms with Crippen molar-refractivity contribution in [3.8, 4) is 0 Å². The van der Waals surface area contributed by atoms with E-state index in [-0.39, 0.29) is 29.8 Å². The summed E-state index contributed by atoms with van der Waals surface area (Å²) < 4.78 is 1.20. The highest BCUT2D eigenvalue weighted by Crippen LogP contribution is 2.45. The standard InChI is InChI=1S/C19H24N2O2S/c22-12-19(9-10-19)11-20-17(23)13-5-1-2-6-14(13)18-21-15-7-3-4-8-16(15)24-18/h3-4,7-8,13-14,22H,1-2,5-6,9-12H2,(H,20,23)/t13-,14-/m0/s1. The van der Waals surface area contributed by atoms with Gasteiger partial charge in [-0.05, 0) is 37.8 Å². The van der Waals surface area contributed by atoms with Crippen molar-refractivity contribution in [3.05, 3.63) is 29.3 Å². The van der Waals surface area contributed by atoms with Crippen molar-refractivity contribution in [3.63, 3.8) is 0 Å². The van der Waals surface area contributed by atoms with Crippen LogP contribution < -0.4 is 5.32 Å². The number of benzene rings is 1. The molecule has 1 aromatic heterocycles. The molecule has 2 saturated carbocycles. The van der Waals surface area contributed by atoms with Gasteiger partial charge in [0.1, 0.15) is 0 Å². The smallest absolute Gasteiger partial charge is 0.223 e. The third-order valence-corrected chi connectivity index (χ3v) is 6.83. The molecule has 4 nitrogen and oxygen atoms in total. The maximum atomic E-state index is 12.8. The number of fused-ring (bicyclic) bond motifs is 1. The van der Waals surface area contributed by atoms with Gasteiger partial charge in [0.25, 0.3) is 0 Å². The van der Waals surface area contributed by atoms with Crippen LogP contribution in [0.1, 0.15) is 49.5 Å². The Morgan fingerprint density at radius 2 is 2.08 bits per heavy atom. The number of nitrogens with zero attached hydrogens (tertiary/aromatic N) is 1. The van der Waals surface area contributed by atoms with Crippen molar-refractivity contribution in [1.82, 2.24) is 10.3 Å². The molecular formula is C19H24N2O2S. The van der Waals surface area contributed by atoms with E-state index in [9.17, 15) is 9.90 Å². The third kappa shape index (κ3) is 3.07. The highest BCUT2D eigenvalue weighted by Gasteiger charge is 2.43. The van der Waals surface area contributed by atoms with Gasteiger partial charge in [-0.1, -0.05) is 25.0 Å². The Morgan fingerprint density at radius 3 is 2.83 bits per heavy atom. The van der Waals surface area contributed by atoms with Gasteiger partial charge >= 0.3 is 0 Å². The second-order valence-electron chi connectivity index (χ2n) is 7.39. The minimum absolute atomic E-state index is 0.0220. The maximum absolute atomic E-state index is 12.8. The minimum atomic E-state index is -0.0321. The molecule has 1 aromatic carbocycles. The first-order valence-corrected chi connectivity index (χ1v) is 9.76. The maximum Gasteiger partial charge on any atom is 0.223 e. The average molecular weight is 344 g/mol. The first-order valence-electron chi connectivity index (χ1n) is 8.95. The molecule has 0 spiro atoms. The van der Waals surface area contributed by atoms with Crippen LogP contribution >= 0.6 is 11.3 Å². The first-order chi connectivity index (χ1) is 11.7. The highest BCUT2D eigenvalue weighted by molar-refractivity contribution is 7.18. The molecule has 2 aromatic rings. The second-order valence-corrected chi connectivity index (χ2v) is 8.46. The lowest BCUT2D eigenvalue weighted by Crippen LogP contribution is -2.39. The van der Waals surface area contributed by atoms with Gasteiger partial charge in [0, 0.05) is 23.8 Å². The van der Waals surface area contributed by atoms with Gasteiger partial charge < -0.3 is 10.4 Å². The first kappa shape index (κ1) is 16.0. The summed E-state index contributed by atoms with van der Waals surface area (Å²) in [7, 11) is 0. The van der Waals surface area contributed by atoms with E-state index in [2.05, 4.69) is 11.4 Å². The van der Waals surface area contributed by atoms with Crippen molar-refractivity contribution in [2.24, 2.45) is 11.3 Å². The van der Waals surface area contributed by atoms with Gasteiger partial charge in [-0.2, -0.15) is 0 Å². The van der Waals surface area contributed by atoms with E-state index in [1.165, 1.54) is 11.1 Å². The van der Waals surface area contributed by atoms with Crippen LogP contribution in [0, 0.1) is 11.3 Å². The number of rotatable bonds is 5. The average Bonchev–Trinajstić information content (AvgIpc) is 3.29. The van der Waals surface area contributed by atoms with Crippen LogP contribution in [0.5, 0.6) is 0 Å². The molecule has 5 heteroatoms. The summed E-state index contributed by atoms with van der Waals surface area (Å²) in [5.74, 6) is 0.410. The number of hydrogen-bond acceptors (Lipinski definition) is 4. The zero-order valence-electron chi connectivity index (χ0n) is 13.8. The van der Waals surface area contributed by atoms with E-state index in [1.54, 1.807) is 11.3 Å². The fraction of sp³-hybridized carbons (Fsp3) is 0.579. The summed E-state index contributed by atoms with van der Waals surface area (Å²) >= 11 is 1.73. The molecule has 128 valence electrons. The Hall–Kier alpha value is -1.46. The molecule has 2 fully saturated rings. The fourth-order valence-corrected chi connectivity index (χ4v) is 4.93. The van der Waals surface area contributed by atoms with Crippen molar-refractivity contribution >= 4 is 27.5 Å². The van der Waals surface area contributed by atoms with Crippen LogP contribution in [0.3, 0.4) is 0 Å². The molecule has 0 bridgehead atoms. The Kier molecular flexibility index (Phi) is 4.31. The number of thiazole rings is 1. The molecule has 0 saturated heterocycles. The second kappa shape index (κ2) is 6.45. The molecule has 2 aliphatic carbocycles. The monoisotopic (exact) mass is 344 g/mol. The van der Waals surface area contributed by atoms with Crippen LogP contribution in [0.2, 0.25) is 0 Å². The Bertz CT molecular complexity index is 705. The van der Waals surface area contributed by atoms with Crippen molar-refractivity contribution < 1.29 is 9.90 Å². The summed E-state index contributed by atoms with van der Waals surface area (Å²) in [6, 6.07) is 8.21. The van der Waals surface area contributed by atoms with E-state index >= 15 is 0 Å². The van der Waals surface area contributed by atoms with Gasteiger partial charge in [-0.25, -0.2) is 4.98 Å². The molecule has 1 heterocycles. The van der Waals surface area contributed by atoms with Crippen LogP contribution in [0.15, 0.2) is 24.3 Å². The lowest BCUT2D eigenvalue weighted by atomic mass is 9.79. The van der Waals surface area contributed by atoms with Gasteiger partial charge in [0.15, 0.2) is 0 Å². The molecular weight excluding hydrogens is 320 g/mol. The number of carbonyl (C=O) groups is 1. The summed E-state index contributed by atoms with van der Waals surface area (Å²) in [6.45, 7) is 0.796. The SMILES string of the molecule is O=C(NCC1(CO)CC1)[C@H]1CCCC[C@@H]1c1nc2ccccc2s1. The minimum Gasteiger partial charge on any atom is -0.396 e. The zero-order chi connectivity index (χ0) is 16.6. The van der Waals surface area contributed by atoms with Gasteiger partial charge in [-0.15, -0.1) is 11.3 Å². The summed E-state index contributed by atoms with van der Waals surface area (Å²) in [4.78, 5) is 17.6. The predicted molar refractivity (Wildman–Crippen MR) is 96.1 cm³/mol. The normalized spacial score (nSPS) is 25.5. The molecule has 0 aliphatic heterocycles. The number of aliphatic hydroxyl groups is 1. The number of para-hydroxylation sites is 1. The Balaban J connectivity index is 1.50. The Labute approximate surface area is 146 Å². The fourth-order valence-electron chi connectivity index (χ4n) is 3.76. The van der Waals surface area contributed by atoms with E-state index < -0.39 is 0 Å². The molecule has 2 atom stereocenters. The molecule has 1 amide bonds. The molecule has 24 heavy (non-hydrogen) atoms. The van der Waals surface area contributed by atoms with Crippen LogP contribution in [0.4, 0.5) is 0 Å². The Morgan fingerprint density at radius 1 is 1.29 bits per heavy atom. The topological polar surface area (TPSA) is 62.2 Å². The molecule has 4 rings (SSSR count). The summed E-state index contributed by atoms with van der Waals surface area (Å²) in [6.07, 6.45) is 6.32. The number of amides is 1. The summed E-state index contributed by atoms with van der Waals surface area (Å²) in [5.41, 5.74) is 1.01. The van der Waals surface area contributed by atoms with Crippen LogP contribution in [0.25, 0.3) is 10.2 Å². The largest absolute Gasteiger partial charge is 0.396 e. The van der Waals surface area contributed by atoms with Gasteiger partial charge in [-0.3, -0.25) is 4.79 Å². The van der Waals surface area contributed by atoms with E-state index in [0.717, 1.165) is 42.6 Å². The predicted octanol–water partition coefficient (Wildman–Crippen LogP) is 3.46. The molecule has 0 radical (unpaired) electrons.